The Morgan fingerprint density at radius 1 is 1.09 bits per heavy atom. The van der Waals surface area contributed by atoms with Crippen LogP contribution in [0.15, 0.2) is 42.5 Å². The Bertz CT molecular complexity index is 1030. The van der Waals surface area contributed by atoms with Gasteiger partial charge in [-0.1, -0.05) is 30.3 Å². The van der Waals surface area contributed by atoms with Gasteiger partial charge in [0, 0.05) is 27.5 Å². The highest BCUT2D eigenvalue weighted by atomic mass is 16.4. The van der Waals surface area contributed by atoms with Crippen molar-refractivity contribution in [2.45, 2.75) is 6.92 Å². The number of aromatic nitrogens is 3. The van der Waals surface area contributed by atoms with Gasteiger partial charge in [0.2, 0.25) is 0 Å². The molecular formula is C17H13N3O2. The summed E-state index contributed by atoms with van der Waals surface area (Å²) < 4.78 is 0. The molecule has 22 heavy (non-hydrogen) atoms. The lowest BCUT2D eigenvalue weighted by atomic mass is 10.0. The number of carboxylic acids is 1. The number of para-hydroxylation sites is 2. The molecular weight excluding hydrogens is 278 g/mol. The van der Waals surface area contributed by atoms with Crippen molar-refractivity contribution < 1.29 is 9.90 Å². The third-order valence-corrected chi connectivity index (χ3v) is 3.96. The van der Waals surface area contributed by atoms with Gasteiger partial charge < -0.3 is 10.1 Å². The molecule has 0 amide bonds. The number of benzene rings is 2. The monoisotopic (exact) mass is 291 g/mol. The SMILES string of the molecule is Cc1[nH]c2ccccc2c1-c1[nH]nc2c(C(=O)O)cccc12. The lowest BCUT2D eigenvalue weighted by Crippen LogP contribution is -1.96. The van der Waals surface area contributed by atoms with Crippen molar-refractivity contribution in [1.29, 1.82) is 0 Å². The van der Waals surface area contributed by atoms with Crippen LogP contribution in [0.25, 0.3) is 33.1 Å². The molecule has 0 fully saturated rings. The molecule has 5 heteroatoms. The van der Waals surface area contributed by atoms with Gasteiger partial charge in [0.05, 0.1) is 11.3 Å². The summed E-state index contributed by atoms with van der Waals surface area (Å²) in [6, 6.07) is 13.2. The van der Waals surface area contributed by atoms with Gasteiger partial charge in [0.1, 0.15) is 5.52 Å². The number of hydrogen-bond donors (Lipinski definition) is 3. The average Bonchev–Trinajstić information content (AvgIpc) is 3.06. The molecule has 0 bridgehead atoms. The van der Waals surface area contributed by atoms with Crippen molar-refractivity contribution in [1.82, 2.24) is 15.2 Å². The van der Waals surface area contributed by atoms with E-state index in [2.05, 4.69) is 15.2 Å². The summed E-state index contributed by atoms with van der Waals surface area (Å²) in [4.78, 5) is 14.7. The third kappa shape index (κ3) is 1.65. The number of aromatic amines is 2. The quantitative estimate of drug-likeness (QED) is 0.526. The fraction of sp³-hybridized carbons (Fsp3) is 0.0588. The molecule has 0 spiro atoms. The molecule has 4 rings (SSSR count). The van der Waals surface area contributed by atoms with E-state index in [1.807, 2.05) is 37.3 Å². The van der Waals surface area contributed by atoms with Crippen molar-refractivity contribution in [3.8, 4) is 11.3 Å². The number of H-pyrrole nitrogens is 2. The van der Waals surface area contributed by atoms with Crippen LogP contribution in [0.4, 0.5) is 0 Å². The zero-order valence-electron chi connectivity index (χ0n) is 11.8. The topological polar surface area (TPSA) is 81.8 Å². The predicted octanol–water partition coefficient (Wildman–Crippen LogP) is 3.72. The smallest absolute Gasteiger partial charge is 0.337 e. The largest absolute Gasteiger partial charge is 0.478 e. The van der Waals surface area contributed by atoms with Gasteiger partial charge in [-0.25, -0.2) is 4.79 Å². The molecule has 5 nitrogen and oxygen atoms in total. The Morgan fingerprint density at radius 3 is 2.68 bits per heavy atom. The van der Waals surface area contributed by atoms with E-state index in [1.165, 1.54) is 0 Å². The van der Waals surface area contributed by atoms with Gasteiger partial charge in [-0.15, -0.1) is 0 Å². The second kappa shape index (κ2) is 4.46. The fourth-order valence-electron chi connectivity index (χ4n) is 3.00. The minimum atomic E-state index is -0.973. The molecule has 4 aromatic rings. The first-order valence-corrected chi connectivity index (χ1v) is 6.95. The minimum Gasteiger partial charge on any atom is -0.478 e. The van der Waals surface area contributed by atoms with E-state index in [0.717, 1.165) is 33.2 Å². The number of fused-ring (bicyclic) bond motifs is 2. The lowest BCUT2D eigenvalue weighted by Gasteiger charge is -2.00. The second-order valence-electron chi connectivity index (χ2n) is 5.28. The first-order chi connectivity index (χ1) is 10.7. The Hall–Kier alpha value is -3.08. The van der Waals surface area contributed by atoms with Crippen LogP contribution in [0.3, 0.4) is 0 Å². The Labute approximate surface area is 125 Å². The number of hydrogen-bond acceptors (Lipinski definition) is 2. The van der Waals surface area contributed by atoms with Crippen LogP contribution in [0.5, 0.6) is 0 Å². The molecule has 0 aliphatic carbocycles. The first-order valence-electron chi connectivity index (χ1n) is 6.95. The molecule has 2 aromatic carbocycles. The van der Waals surface area contributed by atoms with Crippen molar-refractivity contribution in [2.24, 2.45) is 0 Å². The normalized spacial score (nSPS) is 11.3. The van der Waals surface area contributed by atoms with Crippen LogP contribution in [-0.4, -0.2) is 26.3 Å². The van der Waals surface area contributed by atoms with Crippen molar-refractivity contribution in [3.63, 3.8) is 0 Å². The summed E-state index contributed by atoms with van der Waals surface area (Å²) in [7, 11) is 0. The molecule has 0 atom stereocenters. The van der Waals surface area contributed by atoms with Crippen LogP contribution in [0.1, 0.15) is 16.1 Å². The summed E-state index contributed by atoms with van der Waals surface area (Å²) >= 11 is 0. The first kappa shape index (κ1) is 12.6. The van der Waals surface area contributed by atoms with Gasteiger partial charge in [-0.3, -0.25) is 5.10 Å². The molecule has 0 aliphatic heterocycles. The molecule has 0 aliphatic rings. The number of carboxylic acid groups (broad SMARTS) is 1. The summed E-state index contributed by atoms with van der Waals surface area (Å²) in [6.07, 6.45) is 0. The van der Waals surface area contributed by atoms with E-state index < -0.39 is 5.97 Å². The van der Waals surface area contributed by atoms with E-state index in [1.54, 1.807) is 12.1 Å². The molecule has 2 heterocycles. The van der Waals surface area contributed by atoms with Crippen LogP contribution < -0.4 is 0 Å². The van der Waals surface area contributed by atoms with Crippen LogP contribution >= 0.6 is 0 Å². The lowest BCUT2D eigenvalue weighted by molar-refractivity contribution is 0.0699. The molecule has 0 saturated heterocycles. The Balaban J connectivity index is 2.08. The van der Waals surface area contributed by atoms with Crippen LogP contribution in [0.2, 0.25) is 0 Å². The maximum Gasteiger partial charge on any atom is 0.337 e. The zero-order valence-corrected chi connectivity index (χ0v) is 11.8. The maximum atomic E-state index is 11.3. The Kier molecular flexibility index (Phi) is 2.56. The van der Waals surface area contributed by atoms with Gasteiger partial charge in [0.25, 0.3) is 0 Å². The maximum absolute atomic E-state index is 11.3. The molecule has 3 N–H and O–H groups in total. The molecule has 108 valence electrons. The number of aryl methyl sites for hydroxylation is 1. The standard InChI is InChI=1S/C17H13N3O2/c1-9-14(10-5-2-3-8-13(10)18-9)16-11-6-4-7-12(17(21)22)15(11)19-20-16/h2-8,18H,1H3,(H,19,20)(H,21,22). The van der Waals surface area contributed by atoms with Gasteiger partial charge >= 0.3 is 5.97 Å². The Morgan fingerprint density at radius 2 is 1.86 bits per heavy atom. The number of carbonyl (C=O) groups is 1. The highest BCUT2D eigenvalue weighted by Gasteiger charge is 2.18. The van der Waals surface area contributed by atoms with Gasteiger partial charge in [-0.05, 0) is 19.1 Å². The van der Waals surface area contributed by atoms with E-state index in [4.69, 9.17) is 0 Å². The van der Waals surface area contributed by atoms with Gasteiger partial charge in [0.15, 0.2) is 0 Å². The van der Waals surface area contributed by atoms with Crippen molar-refractivity contribution in [2.75, 3.05) is 0 Å². The summed E-state index contributed by atoms with van der Waals surface area (Å²) in [5, 5.41) is 18.4. The average molecular weight is 291 g/mol. The van der Waals surface area contributed by atoms with Crippen LogP contribution in [-0.2, 0) is 0 Å². The third-order valence-electron chi connectivity index (χ3n) is 3.96. The van der Waals surface area contributed by atoms with Crippen LogP contribution in [0, 0.1) is 6.92 Å². The molecule has 0 unspecified atom stereocenters. The fourth-order valence-corrected chi connectivity index (χ4v) is 3.00. The van der Waals surface area contributed by atoms with Crippen molar-refractivity contribution in [3.05, 3.63) is 53.7 Å². The number of nitrogens with one attached hydrogen (secondary N) is 2. The van der Waals surface area contributed by atoms with E-state index in [0.29, 0.717) is 5.52 Å². The highest BCUT2D eigenvalue weighted by Crippen LogP contribution is 2.35. The number of rotatable bonds is 2. The highest BCUT2D eigenvalue weighted by molar-refractivity contribution is 6.09. The zero-order chi connectivity index (χ0) is 15.3. The van der Waals surface area contributed by atoms with Gasteiger partial charge in [-0.2, -0.15) is 5.10 Å². The predicted molar refractivity (Wildman–Crippen MR) is 85.1 cm³/mol. The van der Waals surface area contributed by atoms with Crippen molar-refractivity contribution >= 4 is 27.8 Å². The van der Waals surface area contributed by atoms with E-state index in [9.17, 15) is 9.90 Å². The van der Waals surface area contributed by atoms with E-state index >= 15 is 0 Å². The second-order valence-corrected chi connectivity index (χ2v) is 5.28. The van der Waals surface area contributed by atoms with E-state index in [-0.39, 0.29) is 5.56 Å². The molecule has 2 aromatic heterocycles. The number of aromatic carboxylic acids is 1. The summed E-state index contributed by atoms with van der Waals surface area (Å²) in [6.45, 7) is 2.00. The molecule has 0 radical (unpaired) electrons. The summed E-state index contributed by atoms with van der Waals surface area (Å²) in [5.41, 5.74) is 4.63. The molecule has 0 saturated carbocycles. The number of nitrogens with zero attached hydrogens (tertiary/aromatic N) is 1. The summed E-state index contributed by atoms with van der Waals surface area (Å²) in [5.74, 6) is -0.973. The minimum absolute atomic E-state index is 0.206.